The summed E-state index contributed by atoms with van der Waals surface area (Å²) in [5, 5.41) is 0. The van der Waals surface area contributed by atoms with E-state index in [9.17, 15) is 39.6 Å². The number of alkyl halides is 6. The second-order valence-corrected chi connectivity index (χ2v) is 9.09. The lowest BCUT2D eigenvalue weighted by molar-refractivity contribution is -0.372. The summed E-state index contributed by atoms with van der Waals surface area (Å²) in [6.45, 7) is -1.10. The van der Waals surface area contributed by atoms with Gasteiger partial charge >= 0.3 is 28.7 Å². The van der Waals surface area contributed by atoms with Crippen LogP contribution < -0.4 is 10.6 Å². The van der Waals surface area contributed by atoms with E-state index in [1.807, 2.05) is 0 Å². The van der Waals surface area contributed by atoms with Crippen LogP contribution in [0.4, 0.5) is 26.3 Å². The largest absolute Gasteiger partial charge is 0.467 e. The SMILES string of the molecule is NOS(=O)(=O)c1ccc(OC(=O)CCCCCCCCCCCN(C(F)(F)F)C(F)(F)F)cc1. The highest BCUT2D eigenvalue weighted by atomic mass is 32.2. The third-order valence-electron chi connectivity index (χ3n) is 4.85. The van der Waals surface area contributed by atoms with E-state index in [0.29, 0.717) is 19.3 Å². The van der Waals surface area contributed by atoms with Gasteiger partial charge in [0.1, 0.15) is 5.75 Å². The first-order chi connectivity index (χ1) is 15.8. The van der Waals surface area contributed by atoms with Gasteiger partial charge in [0.2, 0.25) is 0 Å². The smallest absolute Gasteiger partial charge is 0.427 e. The molecule has 2 N–H and O–H groups in total. The van der Waals surface area contributed by atoms with E-state index in [4.69, 9.17) is 4.74 Å². The lowest BCUT2D eigenvalue weighted by Crippen LogP contribution is -2.48. The summed E-state index contributed by atoms with van der Waals surface area (Å²) in [7, 11) is -4.04. The zero-order valence-electron chi connectivity index (χ0n) is 18.3. The molecular formula is C20H28F6N2O5S. The maximum atomic E-state index is 12.4. The maximum absolute atomic E-state index is 12.4. The van der Waals surface area contributed by atoms with Crippen LogP contribution in [0.5, 0.6) is 5.75 Å². The topological polar surface area (TPSA) is 98.9 Å². The van der Waals surface area contributed by atoms with Gasteiger partial charge in [0, 0.05) is 13.0 Å². The van der Waals surface area contributed by atoms with Crippen molar-refractivity contribution in [3.05, 3.63) is 24.3 Å². The van der Waals surface area contributed by atoms with Crippen LogP contribution in [0.3, 0.4) is 0 Å². The number of benzene rings is 1. The zero-order chi connectivity index (χ0) is 25.8. The fourth-order valence-corrected chi connectivity index (χ4v) is 3.67. The molecule has 0 radical (unpaired) electrons. The van der Waals surface area contributed by atoms with Gasteiger partial charge < -0.3 is 4.74 Å². The molecule has 0 heterocycles. The summed E-state index contributed by atoms with van der Waals surface area (Å²) in [4.78, 5) is 10.2. The minimum absolute atomic E-state index is 0.168. The molecule has 0 atom stereocenters. The van der Waals surface area contributed by atoms with Gasteiger partial charge in [-0.25, -0.2) is 0 Å². The molecule has 0 aromatic heterocycles. The number of esters is 1. The Morgan fingerprint density at radius 2 is 1.24 bits per heavy atom. The van der Waals surface area contributed by atoms with Crippen molar-refractivity contribution in [1.29, 1.82) is 0 Å². The molecule has 196 valence electrons. The molecule has 0 fully saturated rings. The Bertz CT molecular complexity index is 830. The maximum Gasteiger partial charge on any atom is 0.467 e. The van der Waals surface area contributed by atoms with Crippen molar-refractivity contribution in [3.63, 3.8) is 0 Å². The second-order valence-electron chi connectivity index (χ2n) is 7.52. The molecule has 0 saturated carbocycles. The minimum Gasteiger partial charge on any atom is -0.427 e. The molecule has 0 unspecified atom stereocenters. The van der Waals surface area contributed by atoms with Gasteiger partial charge in [0.15, 0.2) is 0 Å². The van der Waals surface area contributed by atoms with E-state index in [1.165, 1.54) is 24.3 Å². The van der Waals surface area contributed by atoms with Crippen LogP contribution in [0.15, 0.2) is 29.2 Å². The molecule has 1 aromatic carbocycles. The number of rotatable bonds is 15. The van der Waals surface area contributed by atoms with Crippen LogP contribution in [-0.4, -0.2) is 38.4 Å². The van der Waals surface area contributed by atoms with Crippen LogP contribution in [0.2, 0.25) is 0 Å². The molecule has 0 aliphatic rings. The van der Waals surface area contributed by atoms with Crippen molar-refractivity contribution in [1.82, 2.24) is 4.90 Å². The van der Waals surface area contributed by atoms with E-state index >= 15 is 0 Å². The molecule has 0 saturated heterocycles. The molecular weight excluding hydrogens is 494 g/mol. The molecule has 0 bridgehead atoms. The number of carbonyl (C=O) groups excluding carboxylic acids is 1. The number of ether oxygens (including phenoxy) is 1. The van der Waals surface area contributed by atoms with Crippen LogP contribution in [-0.2, 0) is 19.2 Å². The average molecular weight is 523 g/mol. The summed E-state index contributed by atoms with van der Waals surface area (Å²) in [6, 6.07) is 4.97. The fourth-order valence-electron chi connectivity index (χ4n) is 3.09. The number of nitrogens with two attached hydrogens (primary N) is 1. The lowest BCUT2D eigenvalue weighted by atomic mass is 10.1. The summed E-state index contributed by atoms with van der Waals surface area (Å²) in [6.07, 6.45) is -5.55. The van der Waals surface area contributed by atoms with Crippen molar-refractivity contribution in [3.8, 4) is 5.75 Å². The van der Waals surface area contributed by atoms with Crippen molar-refractivity contribution in [2.75, 3.05) is 6.54 Å². The van der Waals surface area contributed by atoms with Crippen LogP contribution in [0.25, 0.3) is 0 Å². The van der Waals surface area contributed by atoms with E-state index in [1.54, 1.807) is 0 Å². The average Bonchev–Trinajstić information content (AvgIpc) is 2.73. The fraction of sp³-hybridized carbons (Fsp3) is 0.650. The lowest BCUT2D eigenvalue weighted by Gasteiger charge is -2.26. The highest BCUT2D eigenvalue weighted by molar-refractivity contribution is 7.86. The van der Waals surface area contributed by atoms with Crippen LogP contribution >= 0.6 is 0 Å². The van der Waals surface area contributed by atoms with Crippen LogP contribution in [0, 0.1) is 0 Å². The van der Waals surface area contributed by atoms with Crippen molar-refractivity contribution in [2.45, 2.75) is 81.7 Å². The standard InChI is InChI=1S/C20H28F6N2O5S/c21-19(22,23)28(20(24,25)26)15-9-7-5-3-1-2-4-6-8-10-18(29)32-16-11-13-17(14-12-16)34(30,31)33-27/h11-14H,1-10,15,27H2. The number of nitrogens with zero attached hydrogens (tertiary/aromatic N) is 1. The minimum atomic E-state index is -5.43. The molecule has 1 rings (SSSR count). The molecule has 1 aromatic rings. The molecule has 14 heteroatoms. The van der Waals surface area contributed by atoms with E-state index in [0.717, 1.165) is 25.7 Å². The Balaban J connectivity index is 2.09. The highest BCUT2D eigenvalue weighted by Gasteiger charge is 2.53. The number of hydrogen-bond donors (Lipinski definition) is 1. The van der Waals surface area contributed by atoms with Crippen molar-refractivity contribution < 1.29 is 48.6 Å². The Kier molecular flexibility index (Phi) is 12.3. The molecule has 34 heavy (non-hydrogen) atoms. The second kappa shape index (κ2) is 13.9. The summed E-state index contributed by atoms with van der Waals surface area (Å²) >= 11 is 0. The first-order valence-corrected chi connectivity index (χ1v) is 12.0. The van der Waals surface area contributed by atoms with Crippen molar-refractivity contribution >= 4 is 16.1 Å². The monoisotopic (exact) mass is 522 g/mol. The van der Waals surface area contributed by atoms with Gasteiger partial charge in [-0.1, -0.05) is 44.9 Å². The zero-order valence-corrected chi connectivity index (χ0v) is 19.1. The van der Waals surface area contributed by atoms with Gasteiger partial charge in [-0.05, 0) is 37.1 Å². The van der Waals surface area contributed by atoms with Crippen LogP contribution in [0.1, 0.15) is 64.2 Å². The molecule has 7 nitrogen and oxygen atoms in total. The van der Waals surface area contributed by atoms with Gasteiger partial charge in [-0.15, -0.1) is 4.90 Å². The van der Waals surface area contributed by atoms with E-state index in [2.05, 4.69) is 10.2 Å². The van der Waals surface area contributed by atoms with Crippen molar-refractivity contribution in [2.24, 2.45) is 5.90 Å². The Labute approximate surface area is 194 Å². The highest BCUT2D eigenvalue weighted by Crippen LogP contribution is 2.33. The van der Waals surface area contributed by atoms with Gasteiger partial charge in [0.25, 0.3) is 0 Å². The first kappa shape index (κ1) is 30.1. The summed E-state index contributed by atoms with van der Waals surface area (Å²) in [5.41, 5.74) is 0. The van der Waals surface area contributed by atoms with E-state index < -0.39 is 40.1 Å². The van der Waals surface area contributed by atoms with Gasteiger partial charge in [-0.3, -0.25) is 4.79 Å². The van der Waals surface area contributed by atoms with E-state index in [-0.39, 0.29) is 29.9 Å². The molecule has 0 aliphatic heterocycles. The third-order valence-corrected chi connectivity index (χ3v) is 5.95. The number of carbonyl (C=O) groups is 1. The Hall–Kier alpha value is -1.90. The number of hydrogen-bond acceptors (Lipinski definition) is 7. The normalized spacial score (nSPS) is 12.8. The van der Waals surface area contributed by atoms with Gasteiger partial charge in [0.05, 0.1) is 4.90 Å². The molecule has 0 amide bonds. The number of unbranched alkanes of at least 4 members (excludes halogenated alkanes) is 8. The Morgan fingerprint density at radius 1 is 0.794 bits per heavy atom. The predicted molar refractivity (Wildman–Crippen MR) is 110 cm³/mol. The third kappa shape index (κ3) is 11.5. The summed E-state index contributed by atoms with van der Waals surface area (Å²) < 4.78 is 106. The molecule has 0 spiro atoms. The summed E-state index contributed by atoms with van der Waals surface area (Å²) in [5.74, 6) is 4.38. The van der Waals surface area contributed by atoms with Gasteiger partial charge in [-0.2, -0.15) is 44.9 Å². The Morgan fingerprint density at radius 3 is 1.68 bits per heavy atom. The predicted octanol–water partition coefficient (Wildman–Crippen LogP) is 5.41. The quantitative estimate of drug-likeness (QED) is 0.0821. The molecule has 0 aliphatic carbocycles. The first-order valence-electron chi connectivity index (χ1n) is 10.6. The number of halogens is 6.